The van der Waals surface area contributed by atoms with Gasteiger partial charge in [-0.05, 0) is 106 Å². The van der Waals surface area contributed by atoms with E-state index in [1.165, 1.54) is 0 Å². The first-order valence-corrected chi connectivity index (χ1v) is 13.9. The molecule has 10 unspecified atom stereocenters. The number of nitrogens with one attached hydrogen (secondary N) is 1. The van der Waals surface area contributed by atoms with E-state index >= 15 is 0 Å². The predicted octanol–water partition coefficient (Wildman–Crippen LogP) is 5.50. The Labute approximate surface area is 204 Å². The van der Waals surface area contributed by atoms with E-state index < -0.39 is 18.3 Å². The van der Waals surface area contributed by atoms with E-state index in [0.29, 0.717) is 24.3 Å². The maximum Gasteiger partial charge on any atom is 0.392 e. The lowest BCUT2D eigenvalue weighted by Gasteiger charge is -2.41. The third-order valence-corrected chi connectivity index (χ3v) is 10.2. The first-order chi connectivity index (χ1) is 15.8. The number of nitrogens with two attached hydrogens (primary N) is 1. The number of nitrogens with zero attached hydrogens (tertiary/aromatic N) is 1. The number of hydrogen-bond donors (Lipinski definition) is 3. The van der Waals surface area contributed by atoms with Gasteiger partial charge in [0.05, 0.1) is 12.1 Å². The summed E-state index contributed by atoms with van der Waals surface area (Å²) < 4.78 is 42.3. The van der Waals surface area contributed by atoms with Crippen molar-refractivity contribution in [3.05, 3.63) is 0 Å². The van der Waals surface area contributed by atoms with Gasteiger partial charge in [-0.25, -0.2) is 0 Å². The Bertz CT molecular complexity index is 677. The molecule has 1 heterocycles. The van der Waals surface area contributed by atoms with Crippen LogP contribution in [-0.2, 0) is 0 Å². The second-order valence-electron chi connectivity index (χ2n) is 13.3. The first kappa shape index (κ1) is 26.7. The van der Waals surface area contributed by atoms with Crippen LogP contribution in [0.5, 0.6) is 0 Å². The predicted molar refractivity (Wildman–Crippen MR) is 130 cm³/mol. The Morgan fingerprint density at radius 2 is 1.79 bits per heavy atom. The molecule has 1 saturated heterocycles. The lowest BCUT2D eigenvalue weighted by atomic mass is 9.69. The molecule has 198 valence electrons. The highest BCUT2D eigenvalue weighted by Crippen LogP contribution is 2.52. The maximum atomic E-state index is 14.1. The molecule has 4 nitrogen and oxygen atoms in total. The largest absolute Gasteiger partial charge is 0.392 e. The van der Waals surface area contributed by atoms with E-state index in [1.807, 2.05) is 0 Å². The molecule has 0 aromatic carbocycles. The minimum absolute atomic E-state index is 0.104. The van der Waals surface area contributed by atoms with Crippen LogP contribution in [0.3, 0.4) is 0 Å². The SMILES string of the molecule is CC1CC(C(O)NC2CCC(C3CCC(C)(C)C3)C(C(F)(F)F)C2)CC1CN1C(C)CCC1N. The molecule has 3 aliphatic carbocycles. The van der Waals surface area contributed by atoms with Crippen LogP contribution >= 0.6 is 0 Å². The minimum Gasteiger partial charge on any atom is -0.378 e. The first-order valence-electron chi connectivity index (χ1n) is 13.9. The molecule has 0 bridgehead atoms. The molecule has 7 heteroatoms. The Kier molecular flexibility index (Phi) is 7.99. The second kappa shape index (κ2) is 10.2. The highest BCUT2D eigenvalue weighted by atomic mass is 19.4. The van der Waals surface area contributed by atoms with Crippen molar-refractivity contribution in [2.24, 2.45) is 46.7 Å². The lowest BCUT2D eigenvalue weighted by Crippen LogP contribution is -2.49. The third kappa shape index (κ3) is 5.95. The van der Waals surface area contributed by atoms with Crippen molar-refractivity contribution in [2.45, 2.75) is 123 Å². The van der Waals surface area contributed by atoms with Crippen LogP contribution in [-0.4, -0.2) is 47.2 Å². The number of aliphatic hydroxyl groups is 1. The molecule has 34 heavy (non-hydrogen) atoms. The molecule has 0 aromatic rings. The van der Waals surface area contributed by atoms with E-state index in [2.05, 4.69) is 37.9 Å². The summed E-state index contributed by atoms with van der Waals surface area (Å²) in [7, 11) is 0. The van der Waals surface area contributed by atoms with E-state index in [0.717, 1.165) is 57.9 Å². The van der Waals surface area contributed by atoms with E-state index in [4.69, 9.17) is 5.73 Å². The average molecular weight is 488 g/mol. The number of halogens is 3. The molecular weight excluding hydrogens is 439 g/mol. The van der Waals surface area contributed by atoms with Gasteiger partial charge in [-0.1, -0.05) is 20.8 Å². The Morgan fingerprint density at radius 1 is 1.06 bits per heavy atom. The summed E-state index contributed by atoms with van der Waals surface area (Å²) in [5, 5.41) is 14.3. The monoisotopic (exact) mass is 487 g/mol. The molecule has 0 amide bonds. The van der Waals surface area contributed by atoms with Gasteiger partial charge >= 0.3 is 6.18 Å². The molecule has 1 aliphatic heterocycles. The zero-order valence-corrected chi connectivity index (χ0v) is 21.7. The fourth-order valence-electron chi connectivity index (χ4n) is 8.08. The highest BCUT2D eigenvalue weighted by molar-refractivity contribution is 4.96. The molecular formula is C27H48F3N3O. The van der Waals surface area contributed by atoms with E-state index in [1.54, 1.807) is 0 Å². The minimum atomic E-state index is -4.17. The summed E-state index contributed by atoms with van der Waals surface area (Å²) in [6, 6.07) is 0.248. The van der Waals surface area contributed by atoms with Crippen molar-refractivity contribution in [2.75, 3.05) is 6.54 Å². The Morgan fingerprint density at radius 3 is 2.38 bits per heavy atom. The van der Waals surface area contributed by atoms with Gasteiger partial charge in [0, 0.05) is 18.6 Å². The van der Waals surface area contributed by atoms with Crippen LogP contribution in [0.15, 0.2) is 0 Å². The highest BCUT2D eigenvalue weighted by Gasteiger charge is 2.52. The Balaban J connectivity index is 1.32. The van der Waals surface area contributed by atoms with Crippen molar-refractivity contribution in [1.82, 2.24) is 10.2 Å². The molecule has 0 aromatic heterocycles. The van der Waals surface area contributed by atoms with Gasteiger partial charge in [0.25, 0.3) is 0 Å². The van der Waals surface area contributed by atoms with Crippen molar-refractivity contribution >= 4 is 0 Å². The topological polar surface area (TPSA) is 61.5 Å². The fraction of sp³-hybridized carbons (Fsp3) is 1.00. The second-order valence-corrected chi connectivity index (χ2v) is 13.3. The molecule has 3 saturated carbocycles. The van der Waals surface area contributed by atoms with Crippen LogP contribution in [0.4, 0.5) is 13.2 Å². The van der Waals surface area contributed by atoms with Crippen molar-refractivity contribution in [3.8, 4) is 0 Å². The number of aliphatic hydroxyl groups excluding tert-OH is 1. The van der Waals surface area contributed by atoms with Crippen LogP contribution in [0.2, 0.25) is 0 Å². The molecule has 4 aliphatic rings. The number of rotatable bonds is 6. The molecule has 4 N–H and O–H groups in total. The number of hydrogen-bond acceptors (Lipinski definition) is 4. The summed E-state index contributed by atoms with van der Waals surface area (Å²) in [5.74, 6) is -0.254. The van der Waals surface area contributed by atoms with E-state index in [-0.39, 0.29) is 41.8 Å². The zero-order valence-electron chi connectivity index (χ0n) is 21.7. The summed E-state index contributed by atoms with van der Waals surface area (Å²) in [5.41, 5.74) is 6.47. The molecule has 4 rings (SSSR count). The van der Waals surface area contributed by atoms with Crippen LogP contribution in [0, 0.1) is 40.9 Å². The van der Waals surface area contributed by atoms with Gasteiger partial charge in [-0.3, -0.25) is 10.2 Å². The van der Waals surface area contributed by atoms with Gasteiger partial charge < -0.3 is 10.8 Å². The quantitative estimate of drug-likeness (QED) is 0.433. The van der Waals surface area contributed by atoms with Crippen molar-refractivity contribution < 1.29 is 18.3 Å². The maximum absolute atomic E-state index is 14.1. The smallest absolute Gasteiger partial charge is 0.378 e. The van der Waals surface area contributed by atoms with Crippen molar-refractivity contribution in [3.63, 3.8) is 0 Å². The average Bonchev–Trinajstić information content (AvgIpc) is 3.40. The van der Waals surface area contributed by atoms with Gasteiger partial charge in [-0.15, -0.1) is 0 Å². The van der Waals surface area contributed by atoms with Crippen LogP contribution in [0.25, 0.3) is 0 Å². The molecule has 10 atom stereocenters. The lowest BCUT2D eigenvalue weighted by molar-refractivity contribution is -0.205. The molecule has 0 radical (unpaired) electrons. The summed E-state index contributed by atoms with van der Waals surface area (Å²) >= 11 is 0. The van der Waals surface area contributed by atoms with Crippen LogP contribution in [0.1, 0.15) is 91.9 Å². The zero-order chi connectivity index (χ0) is 24.8. The van der Waals surface area contributed by atoms with Gasteiger partial charge in [0.15, 0.2) is 0 Å². The third-order valence-electron chi connectivity index (χ3n) is 10.2. The molecule has 0 spiro atoms. The molecule has 4 fully saturated rings. The van der Waals surface area contributed by atoms with Gasteiger partial charge in [-0.2, -0.15) is 13.2 Å². The summed E-state index contributed by atoms with van der Waals surface area (Å²) in [6.07, 6.45) is 3.57. The van der Waals surface area contributed by atoms with Crippen LogP contribution < -0.4 is 11.1 Å². The van der Waals surface area contributed by atoms with E-state index in [9.17, 15) is 18.3 Å². The Hall–Kier alpha value is -0.370. The summed E-state index contributed by atoms with van der Waals surface area (Å²) in [4.78, 5) is 2.41. The fourth-order valence-corrected chi connectivity index (χ4v) is 8.08. The van der Waals surface area contributed by atoms with Crippen molar-refractivity contribution in [1.29, 1.82) is 0 Å². The normalized spacial score (nSPS) is 44.6. The standard InChI is InChI=1S/C27H48F3N3O/c1-16-11-19(12-20(16)15-33-17(2)5-8-24(33)31)25(34)32-21-6-7-22(23(13-21)27(28,29)30)18-9-10-26(3,4)14-18/h16-25,32,34H,5-15,31H2,1-4H3. The van der Waals surface area contributed by atoms with Gasteiger partial charge in [0.2, 0.25) is 0 Å². The number of likely N-dealkylation sites (tertiary alicyclic amines) is 1. The summed E-state index contributed by atoms with van der Waals surface area (Å²) in [6.45, 7) is 9.82. The van der Waals surface area contributed by atoms with Gasteiger partial charge in [0.1, 0.15) is 6.23 Å². The number of alkyl halides is 3.